The Labute approximate surface area is 99.9 Å². The summed E-state index contributed by atoms with van der Waals surface area (Å²) in [7, 11) is 0. The first-order valence-corrected chi connectivity index (χ1v) is 7.06. The maximum Gasteiger partial charge on any atom is 0.0547 e. The number of aliphatic hydroxyl groups excluding tert-OH is 1. The van der Waals surface area contributed by atoms with Gasteiger partial charge in [0.15, 0.2) is 0 Å². The van der Waals surface area contributed by atoms with Crippen LogP contribution < -0.4 is 5.73 Å². The Hall–Kier alpha value is -0.0300. The third-order valence-electron chi connectivity index (χ3n) is 2.32. The first-order valence-electron chi connectivity index (χ1n) is 5.24. The van der Waals surface area contributed by atoms with Crippen LogP contribution in [0.25, 0.3) is 0 Å². The van der Waals surface area contributed by atoms with Crippen LogP contribution in [0.2, 0.25) is 0 Å². The number of hydrogen-bond acceptors (Lipinski definition) is 4. The summed E-state index contributed by atoms with van der Waals surface area (Å²) in [5, 5.41) is 11.7. The Bertz CT molecular complexity index is 264. The van der Waals surface area contributed by atoms with Crippen molar-refractivity contribution in [2.24, 2.45) is 5.73 Å². The normalized spacial score (nSPS) is 17.3. The molecule has 0 amide bonds. The van der Waals surface area contributed by atoms with E-state index in [0.717, 1.165) is 6.42 Å². The van der Waals surface area contributed by atoms with Crippen LogP contribution in [-0.2, 0) is 0 Å². The predicted molar refractivity (Wildman–Crippen MR) is 69.5 cm³/mol. The van der Waals surface area contributed by atoms with E-state index in [0.29, 0.717) is 5.25 Å². The van der Waals surface area contributed by atoms with Gasteiger partial charge in [0.25, 0.3) is 0 Å². The minimum Gasteiger partial charge on any atom is -0.395 e. The van der Waals surface area contributed by atoms with Crippen molar-refractivity contribution in [3.8, 4) is 0 Å². The van der Waals surface area contributed by atoms with Crippen molar-refractivity contribution in [3.05, 3.63) is 22.4 Å². The van der Waals surface area contributed by atoms with Crippen molar-refractivity contribution in [2.45, 2.75) is 36.8 Å². The molecule has 4 heteroatoms. The minimum atomic E-state index is 0.169. The molecule has 0 aliphatic rings. The van der Waals surface area contributed by atoms with Gasteiger partial charge in [-0.15, -0.1) is 23.1 Å². The highest BCUT2D eigenvalue weighted by Crippen LogP contribution is 2.37. The third-order valence-corrected chi connectivity index (χ3v) is 4.93. The lowest BCUT2D eigenvalue weighted by atomic mass is 10.1. The van der Waals surface area contributed by atoms with Crippen molar-refractivity contribution < 1.29 is 5.11 Å². The summed E-state index contributed by atoms with van der Waals surface area (Å²) in [5.41, 5.74) is 6.12. The van der Waals surface area contributed by atoms with Crippen LogP contribution in [0.1, 0.15) is 30.4 Å². The summed E-state index contributed by atoms with van der Waals surface area (Å²) in [6.45, 7) is 4.35. The highest BCUT2D eigenvalue weighted by atomic mass is 32.2. The standard InChI is InChI=1S/C11H19NOS2/c1-3-9(12)11(15-8(2)7-13)10-5-4-6-14-10/h4-6,8-9,11,13H,3,7,12H2,1-2H3. The van der Waals surface area contributed by atoms with E-state index in [-0.39, 0.29) is 17.9 Å². The molecule has 3 N–H and O–H groups in total. The van der Waals surface area contributed by atoms with Gasteiger partial charge in [-0.25, -0.2) is 0 Å². The number of aliphatic hydroxyl groups is 1. The number of thioether (sulfide) groups is 1. The zero-order chi connectivity index (χ0) is 11.3. The number of thiophene rings is 1. The molecule has 0 radical (unpaired) electrons. The summed E-state index contributed by atoms with van der Waals surface area (Å²) in [6.07, 6.45) is 0.966. The number of hydrogen-bond donors (Lipinski definition) is 2. The predicted octanol–water partition coefficient (Wildman–Crippen LogP) is 2.64. The molecule has 1 rings (SSSR count). The molecule has 0 aromatic carbocycles. The molecule has 0 saturated heterocycles. The Kier molecular flexibility index (Phi) is 5.68. The second-order valence-electron chi connectivity index (χ2n) is 3.64. The van der Waals surface area contributed by atoms with Gasteiger partial charge in [-0.3, -0.25) is 0 Å². The van der Waals surface area contributed by atoms with Crippen LogP contribution in [0.15, 0.2) is 17.5 Å². The van der Waals surface area contributed by atoms with Gasteiger partial charge < -0.3 is 10.8 Å². The van der Waals surface area contributed by atoms with Gasteiger partial charge in [0.2, 0.25) is 0 Å². The zero-order valence-electron chi connectivity index (χ0n) is 9.22. The van der Waals surface area contributed by atoms with E-state index in [4.69, 9.17) is 10.8 Å². The van der Waals surface area contributed by atoms with E-state index in [1.54, 1.807) is 23.1 Å². The Morgan fingerprint density at radius 3 is 2.80 bits per heavy atom. The summed E-state index contributed by atoms with van der Waals surface area (Å²) in [6, 6.07) is 4.35. The largest absolute Gasteiger partial charge is 0.395 e. The van der Waals surface area contributed by atoms with Gasteiger partial charge in [-0.2, -0.15) is 0 Å². The van der Waals surface area contributed by atoms with E-state index in [1.807, 2.05) is 6.92 Å². The summed E-state index contributed by atoms with van der Waals surface area (Å²) < 4.78 is 0. The lowest BCUT2D eigenvalue weighted by Gasteiger charge is -2.23. The zero-order valence-corrected chi connectivity index (χ0v) is 10.9. The maximum atomic E-state index is 9.08. The highest BCUT2D eigenvalue weighted by Gasteiger charge is 2.22. The van der Waals surface area contributed by atoms with Crippen LogP contribution in [0.5, 0.6) is 0 Å². The molecule has 0 spiro atoms. The topological polar surface area (TPSA) is 46.2 Å². The second-order valence-corrected chi connectivity index (χ2v) is 6.20. The van der Waals surface area contributed by atoms with Crippen LogP contribution in [0, 0.1) is 0 Å². The van der Waals surface area contributed by atoms with Crippen molar-refractivity contribution in [3.63, 3.8) is 0 Å². The fourth-order valence-electron chi connectivity index (χ4n) is 1.34. The third kappa shape index (κ3) is 3.79. The fourth-order valence-corrected chi connectivity index (χ4v) is 3.65. The summed E-state index contributed by atoms with van der Waals surface area (Å²) in [5.74, 6) is 0. The van der Waals surface area contributed by atoms with E-state index >= 15 is 0 Å². The first kappa shape index (κ1) is 13.0. The molecular formula is C11H19NOS2. The van der Waals surface area contributed by atoms with Gasteiger partial charge >= 0.3 is 0 Å². The lowest BCUT2D eigenvalue weighted by Crippen LogP contribution is -2.26. The van der Waals surface area contributed by atoms with Gasteiger partial charge in [-0.05, 0) is 17.9 Å². The quantitative estimate of drug-likeness (QED) is 0.810. The minimum absolute atomic E-state index is 0.169. The van der Waals surface area contributed by atoms with Crippen LogP contribution in [0.3, 0.4) is 0 Å². The Morgan fingerprint density at radius 1 is 1.60 bits per heavy atom. The lowest BCUT2D eigenvalue weighted by molar-refractivity contribution is 0.299. The average molecular weight is 245 g/mol. The van der Waals surface area contributed by atoms with E-state index in [1.165, 1.54) is 4.88 Å². The molecule has 3 atom stereocenters. The van der Waals surface area contributed by atoms with Crippen LogP contribution >= 0.6 is 23.1 Å². The van der Waals surface area contributed by atoms with Crippen LogP contribution in [-0.4, -0.2) is 23.0 Å². The fraction of sp³-hybridized carbons (Fsp3) is 0.636. The number of rotatable bonds is 6. The SMILES string of the molecule is CCC(N)C(SC(C)CO)c1cccs1. The summed E-state index contributed by atoms with van der Waals surface area (Å²) in [4.78, 5) is 1.31. The monoisotopic (exact) mass is 245 g/mol. The molecule has 0 saturated carbocycles. The van der Waals surface area contributed by atoms with Crippen molar-refractivity contribution >= 4 is 23.1 Å². The molecule has 0 fully saturated rings. The molecule has 0 aliphatic heterocycles. The van der Waals surface area contributed by atoms with E-state index < -0.39 is 0 Å². The molecule has 86 valence electrons. The van der Waals surface area contributed by atoms with E-state index in [9.17, 15) is 0 Å². The van der Waals surface area contributed by atoms with E-state index in [2.05, 4.69) is 24.4 Å². The number of nitrogens with two attached hydrogens (primary N) is 1. The van der Waals surface area contributed by atoms with Crippen molar-refractivity contribution in [1.82, 2.24) is 0 Å². The molecule has 0 aliphatic carbocycles. The summed E-state index contributed by atoms with van der Waals surface area (Å²) >= 11 is 3.52. The molecule has 2 nitrogen and oxygen atoms in total. The molecule has 1 heterocycles. The molecule has 15 heavy (non-hydrogen) atoms. The molecule has 1 aromatic heterocycles. The Morgan fingerprint density at radius 2 is 2.33 bits per heavy atom. The van der Waals surface area contributed by atoms with Gasteiger partial charge in [0, 0.05) is 16.2 Å². The van der Waals surface area contributed by atoms with Crippen LogP contribution in [0.4, 0.5) is 0 Å². The molecule has 3 unspecified atom stereocenters. The van der Waals surface area contributed by atoms with Gasteiger partial charge in [-0.1, -0.05) is 19.9 Å². The Balaban J connectivity index is 2.70. The first-order chi connectivity index (χ1) is 7.19. The average Bonchev–Trinajstić information content (AvgIpc) is 2.77. The molecular weight excluding hydrogens is 226 g/mol. The molecule has 0 bridgehead atoms. The van der Waals surface area contributed by atoms with Gasteiger partial charge in [0.1, 0.15) is 0 Å². The van der Waals surface area contributed by atoms with Crippen molar-refractivity contribution in [1.29, 1.82) is 0 Å². The van der Waals surface area contributed by atoms with Gasteiger partial charge in [0.05, 0.1) is 11.9 Å². The second kappa shape index (κ2) is 6.53. The maximum absolute atomic E-state index is 9.08. The smallest absolute Gasteiger partial charge is 0.0547 e. The van der Waals surface area contributed by atoms with Crippen molar-refractivity contribution in [2.75, 3.05) is 6.61 Å². The molecule has 1 aromatic rings. The highest BCUT2D eigenvalue weighted by molar-refractivity contribution is 8.00.